The molecule has 0 unspecified atom stereocenters. The zero-order valence-electron chi connectivity index (χ0n) is 4.26. The number of hydrogen-bond donors (Lipinski definition) is 0. The van der Waals surface area contributed by atoms with E-state index in [1.807, 2.05) is 6.61 Å². The van der Waals surface area contributed by atoms with E-state index in [1.54, 1.807) is 0 Å². The van der Waals surface area contributed by atoms with Gasteiger partial charge in [0, 0.05) is 29.0 Å². The molecule has 0 bridgehead atoms. The molecule has 1 aliphatic rings. The third-order valence-corrected chi connectivity index (χ3v) is 0.952. The number of hydrogen-bond acceptors (Lipinski definition) is 1. The second-order valence-corrected chi connectivity index (χ2v) is 1.53. The van der Waals surface area contributed by atoms with Crippen molar-refractivity contribution in [1.82, 2.24) is 0 Å². The zero-order valence-corrected chi connectivity index (χ0v) is 7.47. The smallest absolute Gasteiger partial charge is 0.0111 e. The van der Waals surface area contributed by atoms with E-state index >= 15 is 0 Å². The van der Waals surface area contributed by atoms with Gasteiger partial charge >= 0.3 is 0 Å². The molecule has 0 aromatic heterocycles. The fourth-order valence-corrected chi connectivity index (χ4v) is 0.580. The Morgan fingerprint density at radius 2 is 2.14 bits per heavy atom. The summed E-state index contributed by atoms with van der Waals surface area (Å²) in [5, 5.41) is 0. The topological polar surface area (TPSA) is 9.23 Å². The monoisotopic (exact) mass is 266 g/mol. The summed E-state index contributed by atoms with van der Waals surface area (Å²) in [5.41, 5.74) is 0. The van der Waals surface area contributed by atoms with E-state index in [0.29, 0.717) is 0 Å². The average Bonchev–Trinajstić information content (AvgIpc) is 1.72. The van der Waals surface area contributed by atoms with Gasteiger partial charge in [0.2, 0.25) is 0 Å². The first-order chi connectivity index (χ1) is 3.00. The van der Waals surface area contributed by atoms with E-state index in [1.165, 1.54) is 12.8 Å². The molecule has 1 saturated heterocycles. The summed E-state index contributed by atoms with van der Waals surface area (Å²) >= 11 is 0. The minimum Gasteiger partial charge on any atom is -0.552 e. The first-order valence-corrected chi connectivity index (χ1v) is 2.43. The molecule has 0 aromatic rings. The first kappa shape index (κ1) is 7.70. The van der Waals surface area contributed by atoms with Crippen LogP contribution in [0.1, 0.15) is 19.3 Å². The van der Waals surface area contributed by atoms with Gasteiger partial charge in [-0.2, -0.15) is 6.42 Å². The van der Waals surface area contributed by atoms with Gasteiger partial charge in [0.05, 0.1) is 0 Å². The normalized spacial score (nSPS) is 20.6. The van der Waals surface area contributed by atoms with Crippen LogP contribution in [-0.2, 0) is 27.1 Å². The molecule has 0 saturated carbocycles. The fraction of sp³-hybridized carbons (Fsp3) is 0.800. The van der Waals surface area contributed by atoms with Crippen LogP contribution in [0.4, 0.5) is 0 Å². The van der Waals surface area contributed by atoms with E-state index in [-0.39, 0.29) is 22.4 Å². The molecule has 1 fully saturated rings. The van der Waals surface area contributed by atoms with E-state index in [0.717, 1.165) is 13.0 Å². The molecular weight excluding hydrogens is 257 g/mol. The van der Waals surface area contributed by atoms with Crippen LogP contribution in [0.3, 0.4) is 0 Å². The molecule has 0 spiro atoms. The summed E-state index contributed by atoms with van der Waals surface area (Å²) < 4.78 is 4.94. The molecule has 1 heterocycles. The Bertz CT molecular complexity index is 23.6. The van der Waals surface area contributed by atoms with Crippen LogP contribution < -0.4 is 0 Å². The fourth-order valence-electron chi connectivity index (χ4n) is 0.580. The Morgan fingerprint density at radius 3 is 2.29 bits per heavy atom. The van der Waals surface area contributed by atoms with Gasteiger partial charge in [-0.25, -0.2) is 6.61 Å². The molecule has 1 aliphatic heterocycles. The maximum Gasteiger partial charge on any atom is 0.0111 e. The summed E-state index contributed by atoms with van der Waals surface area (Å²) in [4.78, 5) is 0. The van der Waals surface area contributed by atoms with Crippen molar-refractivity contribution in [2.75, 3.05) is 6.61 Å². The third-order valence-electron chi connectivity index (χ3n) is 0.952. The molecule has 1 rings (SSSR count). The molecule has 0 amide bonds. The Labute approximate surface area is 59.9 Å². The van der Waals surface area contributed by atoms with Gasteiger partial charge in [0.1, 0.15) is 0 Å². The van der Waals surface area contributed by atoms with Gasteiger partial charge in [-0.05, 0) is 6.42 Å². The summed E-state index contributed by atoms with van der Waals surface area (Å²) in [6.45, 7) is 2.84. The van der Waals surface area contributed by atoms with Gasteiger partial charge in [-0.3, -0.25) is 0 Å². The van der Waals surface area contributed by atoms with Crippen molar-refractivity contribution >= 4 is 0 Å². The predicted molar refractivity (Wildman–Crippen MR) is 24.1 cm³/mol. The molecule has 0 atom stereocenters. The van der Waals surface area contributed by atoms with Crippen LogP contribution in [0.2, 0.25) is 0 Å². The first-order valence-electron chi connectivity index (χ1n) is 2.43. The van der Waals surface area contributed by atoms with Crippen LogP contribution in [-0.4, -0.2) is 6.61 Å². The Balaban J connectivity index is 0.000000360. The molecule has 1 radical (unpaired) electrons. The van der Waals surface area contributed by atoms with Crippen molar-refractivity contribution in [1.29, 1.82) is 0 Å². The summed E-state index contributed by atoms with van der Waals surface area (Å²) in [7, 11) is 0. The largest absolute Gasteiger partial charge is 0.552 e. The second kappa shape index (κ2) is 4.85. The molecule has 0 N–H and O–H groups in total. The molecule has 7 heavy (non-hydrogen) atoms. The molecule has 0 aliphatic carbocycles. The minimum absolute atomic E-state index is 0. The van der Waals surface area contributed by atoms with Crippen molar-refractivity contribution < 1.29 is 27.1 Å². The predicted octanol–water partition coefficient (Wildman–Crippen LogP) is 1.35. The van der Waals surface area contributed by atoms with E-state index in [4.69, 9.17) is 4.74 Å². The molecule has 1 nitrogen and oxygen atoms in total. The summed E-state index contributed by atoms with van der Waals surface area (Å²) in [6.07, 6.45) is 3.72. The van der Waals surface area contributed by atoms with Gasteiger partial charge in [0.15, 0.2) is 0 Å². The minimum atomic E-state index is 0. The summed E-state index contributed by atoms with van der Waals surface area (Å²) in [6, 6.07) is 0. The molecular formula is C5H9OTa-. The molecule has 2 heteroatoms. The third kappa shape index (κ3) is 3.30. The Hall–Kier alpha value is 0.700. The van der Waals surface area contributed by atoms with Crippen LogP contribution in [0.5, 0.6) is 0 Å². The van der Waals surface area contributed by atoms with Crippen molar-refractivity contribution in [2.45, 2.75) is 19.3 Å². The van der Waals surface area contributed by atoms with E-state index < -0.39 is 0 Å². The standard InChI is InChI=1S/C5H9O.Ta/c1-2-4-6-5-3-1;/h4H,1-3,5H2;/q-1;. The van der Waals surface area contributed by atoms with Crippen molar-refractivity contribution in [3.05, 3.63) is 6.61 Å². The number of ether oxygens (including phenoxy) is 1. The number of rotatable bonds is 0. The average molecular weight is 266 g/mol. The van der Waals surface area contributed by atoms with Crippen molar-refractivity contribution in [3.63, 3.8) is 0 Å². The molecule has 41 valence electrons. The maximum absolute atomic E-state index is 4.94. The van der Waals surface area contributed by atoms with Gasteiger partial charge in [-0.15, -0.1) is 0 Å². The van der Waals surface area contributed by atoms with Crippen LogP contribution in [0.15, 0.2) is 0 Å². The van der Waals surface area contributed by atoms with Crippen LogP contribution in [0.25, 0.3) is 0 Å². The van der Waals surface area contributed by atoms with Crippen molar-refractivity contribution in [2.24, 2.45) is 0 Å². The van der Waals surface area contributed by atoms with Gasteiger partial charge in [-0.1, -0.05) is 6.42 Å². The Kier molecular flexibility index (Phi) is 5.33. The molecule has 0 aromatic carbocycles. The Morgan fingerprint density at radius 1 is 1.29 bits per heavy atom. The van der Waals surface area contributed by atoms with E-state index in [2.05, 4.69) is 0 Å². The summed E-state index contributed by atoms with van der Waals surface area (Å²) in [5.74, 6) is 0. The van der Waals surface area contributed by atoms with Crippen molar-refractivity contribution in [3.8, 4) is 0 Å². The SMILES string of the molecule is [CH-]1CCCCO1.[Ta]. The van der Waals surface area contributed by atoms with Gasteiger partial charge < -0.3 is 4.74 Å². The van der Waals surface area contributed by atoms with Gasteiger partial charge in [0.25, 0.3) is 0 Å². The quantitative estimate of drug-likeness (QED) is 0.601. The van der Waals surface area contributed by atoms with Crippen LogP contribution in [0, 0.1) is 6.61 Å². The second-order valence-electron chi connectivity index (χ2n) is 1.53. The maximum atomic E-state index is 4.94. The van der Waals surface area contributed by atoms with Crippen LogP contribution >= 0.6 is 0 Å². The van der Waals surface area contributed by atoms with E-state index in [9.17, 15) is 0 Å². The zero-order chi connectivity index (χ0) is 4.24.